The van der Waals surface area contributed by atoms with Crippen molar-refractivity contribution in [2.75, 3.05) is 5.43 Å². The number of halogens is 3. The molecule has 2 rings (SSSR count). The summed E-state index contributed by atoms with van der Waals surface area (Å²) in [5.74, 6) is 4.83. The van der Waals surface area contributed by atoms with Gasteiger partial charge < -0.3 is 0 Å². The molecule has 0 atom stereocenters. The first-order valence-electron chi connectivity index (χ1n) is 5.56. The molecule has 0 aliphatic heterocycles. The van der Waals surface area contributed by atoms with E-state index in [-0.39, 0.29) is 11.0 Å². The summed E-state index contributed by atoms with van der Waals surface area (Å²) in [5, 5.41) is 0.172. The quantitative estimate of drug-likeness (QED) is 0.517. The first-order chi connectivity index (χ1) is 9.38. The topological polar surface area (TPSA) is 63.8 Å². The summed E-state index contributed by atoms with van der Waals surface area (Å²) in [6.45, 7) is 1.90. The third kappa shape index (κ3) is 3.61. The van der Waals surface area contributed by atoms with E-state index in [0.29, 0.717) is 0 Å². The van der Waals surface area contributed by atoms with Crippen LogP contribution in [0, 0.1) is 6.92 Å². The van der Waals surface area contributed by atoms with Crippen LogP contribution in [0.25, 0.3) is 0 Å². The highest BCUT2D eigenvalue weighted by atomic mass is 32.2. The van der Waals surface area contributed by atoms with Gasteiger partial charge in [-0.2, -0.15) is 13.2 Å². The average Bonchev–Trinajstić information content (AvgIpc) is 2.37. The first-order valence-corrected chi connectivity index (χ1v) is 6.37. The van der Waals surface area contributed by atoms with Crippen molar-refractivity contribution in [3.8, 4) is 0 Å². The maximum atomic E-state index is 12.7. The highest BCUT2D eigenvalue weighted by Gasteiger charge is 2.33. The summed E-state index contributed by atoms with van der Waals surface area (Å²) in [4.78, 5) is 7.99. The standard InChI is InChI=1S/C12H11F3N4S/c1-7-3-2-4-8(5-7)20-10-6-9(12(13,14)15)17-11(18-10)19-16/h2-6H,16H2,1H3,(H,17,18,19). The number of anilines is 1. The second kappa shape index (κ2) is 5.68. The number of nitrogens with one attached hydrogen (secondary N) is 1. The number of aromatic nitrogens is 2. The van der Waals surface area contributed by atoms with Crippen molar-refractivity contribution in [2.45, 2.75) is 23.0 Å². The van der Waals surface area contributed by atoms with E-state index in [1.807, 2.05) is 30.5 Å². The minimum Gasteiger partial charge on any atom is -0.292 e. The number of alkyl halides is 3. The molecule has 0 aliphatic carbocycles. The summed E-state index contributed by atoms with van der Waals surface area (Å²) in [7, 11) is 0. The summed E-state index contributed by atoms with van der Waals surface area (Å²) in [6.07, 6.45) is -4.55. The second-order valence-electron chi connectivity index (χ2n) is 3.98. The fraction of sp³-hybridized carbons (Fsp3) is 0.167. The molecule has 0 amide bonds. The highest BCUT2D eigenvalue weighted by molar-refractivity contribution is 7.99. The van der Waals surface area contributed by atoms with E-state index < -0.39 is 11.9 Å². The lowest BCUT2D eigenvalue weighted by Gasteiger charge is -2.09. The molecule has 8 heteroatoms. The molecule has 0 aliphatic rings. The lowest BCUT2D eigenvalue weighted by Crippen LogP contribution is -2.15. The van der Waals surface area contributed by atoms with Crippen molar-refractivity contribution in [2.24, 2.45) is 5.84 Å². The average molecular weight is 300 g/mol. The molecule has 3 N–H and O–H groups in total. The molecule has 1 aromatic carbocycles. The molecule has 4 nitrogen and oxygen atoms in total. The number of hydrogen-bond donors (Lipinski definition) is 2. The Labute approximate surface area is 117 Å². The Morgan fingerprint density at radius 3 is 2.55 bits per heavy atom. The van der Waals surface area contributed by atoms with Crippen LogP contribution in [0.3, 0.4) is 0 Å². The van der Waals surface area contributed by atoms with Crippen LogP contribution >= 0.6 is 11.8 Å². The van der Waals surface area contributed by atoms with Crippen LogP contribution in [0.2, 0.25) is 0 Å². The van der Waals surface area contributed by atoms with E-state index in [9.17, 15) is 13.2 Å². The molecule has 1 heterocycles. The van der Waals surface area contributed by atoms with Gasteiger partial charge in [0.25, 0.3) is 0 Å². The number of aryl methyl sites for hydroxylation is 1. The maximum Gasteiger partial charge on any atom is 0.433 e. The molecule has 0 radical (unpaired) electrons. The molecule has 0 saturated carbocycles. The summed E-state index contributed by atoms with van der Waals surface area (Å²) >= 11 is 1.11. The summed E-state index contributed by atoms with van der Waals surface area (Å²) in [5.41, 5.74) is 2.02. The molecule has 0 spiro atoms. The number of hydrazine groups is 1. The molecule has 20 heavy (non-hydrogen) atoms. The number of nitrogen functional groups attached to an aromatic ring is 1. The van der Waals surface area contributed by atoms with Gasteiger partial charge in [0.2, 0.25) is 5.95 Å². The van der Waals surface area contributed by atoms with Crippen LogP contribution in [0.1, 0.15) is 11.3 Å². The fourth-order valence-electron chi connectivity index (χ4n) is 1.49. The largest absolute Gasteiger partial charge is 0.433 e. The Morgan fingerprint density at radius 1 is 1.20 bits per heavy atom. The van der Waals surface area contributed by atoms with Crippen LogP contribution in [0.15, 0.2) is 40.3 Å². The zero-order valence-electron chi connectivity index (χ0n) is 10.4. The predicted molar refractivity (Wildman–Crippen MR) is 70.1 cm³/mol. The van der Waals surface area contributed by atoms with E-state index in [0.717, 1.165) is 28.3 Å². The van der Waals surface area contributed by atoms with Crippen molar-refractivity contribution in [1.82, 2.24) is 9.97 Å². The monoisotopic (exact) mass is 300 g/mol. The molecule has 0 saturated heterocycles. The van der Waals surface area contributed by atoms with Gasteiger partial charge >= 0.3 is 6.18 Å². The van der Waals surface area contributed by atoms with Crippen LogP contribution in [-0.4, -0.2) is 9.97 Å². The van der Waals surface area contributed by atoms with Gasteiger partial charge in [-0.05, 0) is 19.1 Å². The molecule has 0 fully saturated rings. The van der Waals surface area contributed by atoms with Gasteiger partial charge in [-0.25, -0.2) is 15.8 Å². The molecule has 106 valence electrons. The SMILES string of the molecule is Cc1cccc(Sc2cc(C(F)(F)F)nc(NN)n2)c1. The second-order valence-corrected chi connectivity index (χ2v) is 5.07. The van der Waals surface area contributed by atoms with Crippen molar-refractivity contribution in [3.05, 3.63) is 41.6 Å². The zero-order valence-corrected chi connectivity index (χ0v) is 11.2. The number of nitrogens with zero attached hydrogens (tertiary/aromatic N) is 2. The van der Waals surface area contributed by atoms with E-state index in [2.05, 4.69) is 9.97 Å². The van der Waals surface area contributed by atoms with Crippen molar-refractivity contribution in [3.63, 3.8) is 0 Å². The van der Waals surface area contributed by atoms with Gasteiger partial charge in [-0.15, -0.1) is 0 Å². The lowest BCUT2D eigenvalue weighted by atomic mass is 10.2. The smallest absolute Gasteiger partial charge is 0.292 e. The van der Waals surface area contributed by atoms with Gasteiger partial charge in [0, 0.05) is 11.0 Å². The fourth-order valence-corrected chi connectivity index (χ4v) is 2.42. The van der Waals surface area contributed by atoms with Gasteiger partial charge in [0.15, 0.2) is 5.69 Å². The number of nitrogens with two attached hydrogens (primary N) is 1. The first kappa shape index (κ1) is 14.6. The minimum absolute atomic E-state index is 0.172. The maximum absolute atomic E-state index is 12.7. The normalized spacial score (nSPS) is 11.4. The van der Waals surface area contributed by atoms with Crippen molar-refractivity contribution < 1.29 is 13.2 Å². The number of hydrogen-bond acceptors (Lipinski definition) is 5. The minimum atomic E-state index is -4.55. The van der Waals surface area contributed by atoms with Crippen molar-refractivity contribution in [1.29, 1.82) is 0 Å². The van der Waals surface area contributed by atoms with Crippen LogP contribution in [0.5, 0.6) is 0 Å². The Morgan fingerprint density at radius 2 is 1.95 bits per heavy atom. The third-order valence-electron chi connectivity index (χ3n) is 2.33. The molecule has 0 unspecified atom stereocenters. The Bertz CT molecular complexity index is 616. The van der Waals surface area contributed by atoms with Gasteiger partial charge in [-0.3, -0.25) is 5.43 Å². The predicted octanol–water partition coefficient (Wildman–Crippen LogP) is 3.24. The van der Waals surface area contributed by atoms with E-state index in [1.165, 1.54) is 0 Å². The molecule has 1 aromatic heterocycles. The van der Waals surface area contributed by atoms with Crippen molar-refractivity contribution >= 4 is 17.7 Å². The highest BCUT2D eigenvalue weighted by Crippen LogP contribution is 2.33. The van der Waals surface area contributed by atoms with Crippen LogP contribution < -0.4 is 11.3 Å². The van der Waals surface area contributed by atoms with E-state index in [1.54, 1.807) is 6.07 Å². The van der Waals surface area contributed by atoms with Crippen LogP contribution in [0.4, 0.5) is 19.1 Å². The number of benzene rings is 1. The molecule has 2 aromatic rings. The molecule has 0 bridgehead atoms. The summed E-state index contributed by atoms with van der Waals surface area (Å²) < 4.78 is 38.2. The molecular formula is C12H11F3N4S. The van der Waals surface area contributed by atoms with Gasteiger partial charge in [0.05, 0.1) is 0 Å². The Balaban J connectivity index is 2.36. The zero-order chi connectivity index (χ0) is 14.8. The lowest BCUT2D eigenvalue weighted by molar-refractivity contribution is -0.141. The van der Waals surface area contributed by atoms with E-state index in [4.69, 9.17) is 5.84 Å². The molecular weight excluding hydrogens is 289 g/mol. The van der Waals surface area contributed by atoms with Gasteiger partial charge in [-0.1, -0.05) is 29.5 Å². The van der Waals surface area contributed by atoms with Crippen LogP contribution in [-0.2, 0) is 6.18 Å². The Hall–Kier alpha value is -1.80. The van der Waals surface area contributed by atoms with E-state index >= 15 is 0 Å². The number of rotatable bonds is 3. The van der Waals surface area contributed by atoms with Gasteiger partial charge in [0.1, 0.15) is 5.03 Å². The Kier molecular flexibility index (Phi) is 4.15. The third-order valence-corrected chi connectivity index (χ3v) is 3.24. The summed E-state index contributed by atoms with van der Waals surface area (Å²) in [6, 6.07) is 8.27.